The van der Waals surface area contributed by atoms with Gasteiger partial charge < -0.3 is 20.5 Å². The maximum Gasteiger partial charge on any atom is 0.319 e. The van der Waals surface area contributed by atoms with E-state index in [1.165, 1.54) is 7.11 Å². The molecule has 0 bridgehead atoms. The number of aliphatic hydroxyl groups excluding tert-OH is 1. The standard InChI is InChI=1S/C18H21ClN2O3/c1-12-8-14(13-4-3-5-15(19)9-13)6-7-17(12)21-18(23)20-10-16(22)11-24-2/h3-9,16,22H,10-11H2,1-2H3,(H2,20,21,23). The first-order valence-electron chi connectivity index (χ1n) is 7.58. The molecule has 0 aromatic heterocycles. The van der Waals surface area contributed by atoms with E-state index in [9.17, 15) is 9.90 Å². The van der Waals surface area contributed by atoms with Gasteiger partial charge in [0, 0.05) is 24.4 Å². The lowest BCUT2D eigenvalue weighted by atomic mass is 10.0. The van der Waals surface area contributed by atoms with Gasteiger partial charge in [0.25, 0.3) is 0 Å². The van der Waals surface area contributed by atoms with Gasteiger partial charge in [0.05, 0.1) is 12.7 Å². The van der Waals surface area contributed by atoms with E-state index >= 15 is 0 Å². The van der Waals surface area contributed by atoms with Crippen molar-refractivity contribution in [3.05, 3.63) is 53.1 Å². The highest BCUT2D eigenvalue weighted by atomic mass is 35.5. The van der Waals surface area contributed by atoms with Crippen LogP contribution >= 0.6 is 11.6 Å². The Morgan fingerprint density at radius 2 is 2.00 bits per heavy atom. The van der Waals surface area contributed by atoms with Crippen molar-refractivity contribution < 1.29 is 14.6 Å². The van der Waals surface area contributed by atoms with Crippen LogP contribution in [0.15, 0.2) is 42.5 Å². The highest BCUT2D eigenvalue weighted by molar-refractivity contribution is 6.30. The summed E-state index contributed by atoms with van der Waals surface area (Å²) in [6.07, 6.45) is -0.730. The minimum absolute atomic E-state index is 0.124. The van der Waals surface area contributed by atoms with Crippen molar-refractivity contribution in [1.82, 2.24) is 5.32 Å². The monoisotopic (exact) mass is 348 g/mol. The Morgan fingerprint density at radius 3 is 2.67 bits per heavy atom. The van der Waals surface area contributed by atoms with Gasteiger partial charge in [0.15, 0.2) is 0 Å². The molecule has 2 aromatic rings. The van der Waals surface area contributed by atoms with Gasteiger partial charge in [-0.3, -0.25) is 0 Å². The summed E-state index contributed by atoms with van der Waals surface area (Å²) < 4.78 is 4.81. The van der Waals surface area contributed by atoms with Crippen molar-refractivity contribution in [3.8, 4) is 11.1 Å². The van der Waals surface area contributed by atoms with E-state index < -0.39 is 6.10 Å². The third-order valence-electron chi connectivity index (χ3n) is 3.49. The fourth-order valence-electron chi connectivity index (χ4n) is 2.28. The number of carbonyl (C=O) groups excluding carboxylic acids is 1. The number of hydrogen-bond acceptors (Lipinski definition) is 3. The van der Waals surface area contributed by atoms with Crippen LogP contribution in [0.3, 0.4) is 0 Å². The lowest BCUT2D eigenvalue weighted by Gasteiger charge is -2.13. The van der Waals surface area contributed by atoms with Crippen molar-refractivity contribution in [2.24, 2.45) is 0 Å². The predicted octanol–water partition coefficient (Wildman–Crippen LogP) is 3.44. The fourth-order valence-corrected chi connectivity index (χ4v) is 2.47. The molecule has 0 spiro atoms. The van der Waals surface area contributed by atoms with Crippen molar-refractivity contribution in [2.75, 3.05) is 25.6 Å². The van der Waals surface area contributed by atoms with E-state index in [0.29, 0.717) is 10.7 Å². The van der Waals surface area contributed by atoms with Crippen LogP contribution in [-0.2, 0) is 4.74 Å². The zero-order valence-electron chi connectivity index (χ0n) is 13.7. The number of aryl methyl sites for hydroxylation is 1. The Morgan fingerprint density at radius 1 is 1.25 bits per heavy atom. The summed E-state index contributed by atoms with van der Waals surface area (Å²) in [5.74, 6) is 0. The number of urea groups is 1. The van der Waals surface area contributed by atoms with Gasteiger partial charge in [-0.15, -0.1) is 0 Å². The summed E-state index contributed by atoms with van der Waals surface area (Å²) in [6.45, 7) is 2.22. The van der Waals surface area contributed by atoms with Crippen molar-refractivity contribution >= 4 is 23.3 Å². The summed E-state index contributed by atoms with van der Waals surface area (Å²) >= 11 is 6.02. The Balaban J connectivity index is 2.01. The molecule has 0 aliphatic heterocycles. The minimum Gasteiger partial charge on any atom is -0.389 e. The molecule has 0 saturated heterocycles. The molecule has 0 fully saturated rings. The topological polar surface area (TPSA) is 70.6 Å². The van der Waals surface area contributed by atoms with E-state index in [-0.39, 0.29) is 19.2 Å². The lowest BCUT2D eigenvalue weighted by Crippen LogP contribution is -2.37. The molecule has 24 heavy (non-hydrogen) atoms. The van der Waals surface area contributed by atoms with Crippen LogP contribution in [0, 0.1) is 6.92 Å². The van der Waals surface area contributed by atoms with Crippen molar-refractivity contribution in [2.45, 2.75) is 13.0 Å². The van der Waals surface area contributed by atoms with Crippen molar-refractivity contribution in [3.63, 3.8) is 0 Å². The normalized spacial score (nSPS) is 11.8. The molecule has 0 aliphatic rings. The van der Waals surface area contributed by atoms with E-state index in [1.807, 2.05) is 49.4 Å². The zero-order chi connectivity index (χ0) is 17.5. The SMILES string of the molecule is COCC(O)CNC(=O)Nc1ccc(-c2cccc(Cl)c2)cc1C. The van der Waals surface area contributed by atoms with Crippen LogP contribution in [0.25, 0.3) is 11.1 Å². The quantitative estimate of drug-likeness (QED) is 0.748. The molecule has 2 rings (SSSR count). The molecule has 0 saturated carbocycles. The second-order valence-electron chi connectivity index (χ2n) is 5.48. The molecule has 2 aromatic carbocycles. The number of aliphatic hydroxyl groups is 1. The third kappa shape index (κ3) is 5.23. The van der Waals surface area contributed by atoms with Gasteiger partial charge in [0.1, 0.15) is 0 Å². The molecular formula is C18H21ClN2O3. The maximum atomic E-state index is 11.9. The molecular weight excluding hydrogens is 328 g/mol. The smallest absolute Gasteiger partial charge is 0.319 e. The molecule has 3 N–H and O–H groups in total. The van der Waals surface area contributed by atoms with Crippen LogP contribution in [0.5, 0.6) is 0 Å². The first-order valence-corrected chi connectivity index (χ1v) is 7.96. The Labute approximate surface area is 146 Å². The highest BCUT2D eigenvalue weighted by Crippen LogP contribution is 2.26. The first-order chi connectivity index (χ1) is 11.5. The van der Waals surface area contributed by atoms with Crippen molar-refractivity contribution in [1.29, 1.82) is 0 Å². The Bertz CT molecular complexity index is 706. The Kier molecular flexibility index (Phi) is 6.61. The predicted molar refractivity (Wildman–Crippen MR) is 96.5 cm³/mol. The number of benzene rings is 2. The number of halogens is 1. The van der Waals surface area contributed by atoms with Crippen LogP contribution in [0.2, 0.25) is 5.02 Å². The fraction of sp³-hybridized carbons (Fsp3) is 0.278. The van der Waals surface area contributed by atoms with E-state index in [1.54, 1.807) is 0 Å². The van der Waals surface area contributed by atoms with Gasteiger partial charge in [-0.05, 0) is 47.9 Å². The maximum absolute atomic E-state index is 11.9. The number of ether oxygens (including phenoxy) is 1. The molecule has 0 aliphatic carbocycles. The van der Waals surface area contributed by atoms with E-state index in [2.05, 4.69) is 10.6 Å². The largest absolute Gasteiger partial charge is 0.389 e. The van der Waals surface area contributed by atoms with E-state index in [0.717, 1.165) is 16.7 Å². The zero-order valence-corrected chi connectivity index (χ0v) is 14.4. The van der Waals surface area contributed by atoms with Crippen LogP contribution in [0.4, 0.5) is 10.5 Å². The second kappa shape index (κ2) is 8.68. The molecule has 0 heterocycles. The average Bonchev–Trinajstić information content (AvgIpc) is 2.55. The van der Waals surface area contributed by atoms with Crippen LogP contribution < -0.4 is 10.6 Å². The summed E-state index contributed by atoms with van der Waals surface area (Å²) in [6, 6.07) is 13.0. The number of methoxy groups -OCH3 is 1. The van der Waals surface area contributed by atoms with Crippen LogP contribution in [-0.4, -0.2) is 37.5 Å². The number of amides is 2. The number of hydrogen-bond donors (Lipinski definition) is 3. The Hall–Kier alpha value is -2.08. The first kappa shape index (κ1) is 18.3. The average molecular weight is 349 g/mol. The van der Waals surface area contributed by atoms with E-state index in [4.69, 9.17) is 16.3 Å². The summed E-state index contributed by atoms with van der Waals surface area (Å²) in [5.41, 5.74) is 3.68. The summed E-state index contributed by atoms with van der Waals surface area (Å²) in [5, 5.41) is 15.6. The number of rotatable bonds is 6. The molecule has 128 valence electrons. The molecule has 2 amide bonds. The molecule has 1 atom stereocenters. The molecule has 5 nitrogen and oxygen atoms in total. The third-order valence-corrected chi connectivity index (χ3v) is 3.72. The molecule has 1 unspecified atom stereocenters. The number of carbonyl (C=O) groups is 1. The lowest BCUT2D eigenvalue weighted by molar-refractivity contribution is 0.0663. The summed E-state index contributed by atoms with van der Waals surface area (Å²) in [7, 11) is 1.49. The molecule has 0 radical (unpaired) electrons. The van der Waals surface area contributed by atoms with Gasteiger partial charge in [-0.2, -0.15) is 0 Å². The van der Waals surface area contributed by atoms with Gasteiger partial charge in [-0.25, -0.2) is 4.79 Å². The number of anilines is 1. The number of nitrogens with one attached hydrogen (secondary N) is 2. The second-order valence-corrected chi connectivity index (χ2v) is 5.92. The van der Waals surface area contributed by atoms with Gasteiger partial charge in [-0.1, -0.05) is 29.8 Å². The van der Waals surface area contributed by atoms with Gasteiger partial charge >= 0.3 is 6.03 Å². The van der Waals surface area contributed by atoms with Gasteiger partial charge in [0.2, 0.25) is 0 Å². The molecule has 6 heteroatoms. The minimum atomic E-state index is -0.730. The summed E-state index contributed by atoms with van der Waals surface area (Å²) in [4.78, 5) is 11.9. The highest BCUT2D eigenvalue weighted by Gasteiger charge is 2.09. The van der Waals surface area contributed by atoms with Crippen LogP contribution in [0.1, 0.15) is 5.56 Å².